The van der Waals surface area contributed by atoms with Gasteiger partial charge in [-0.25, -0.2) is 4.79 Å². The molecule has 3 nitrogen and oxygen atoms in total. The van der Waals surface area contributed by atoms with E-state index in [1.165, 1.54) is 10.8 Å². The highest BCUT2D eigenvalue weighted by Crippen LogP contribution is 2.24. The molecular weight excluding hydrogens is 202 g/mol. The molecule has 0 atom stereocenters. The van der Waals surface area contributed by atoms with Crippen LogP contribution in [0.3, 0.4) is 0 Å². The van der Waals surface area contributed by atoms with Crippen LogP contribution in [0.1, 0.15) is 5.56 Å². The van der Waals surface area contributed by atoms with Crippen molar-refractivity contribution in [2.24, 2.45) is 0 Å². The summed E-state index contributed by atoms with van der Waals surface area (Å²) in [6, 6.07) is 5.25. The molecule has 0 fully saturated rings. The number of aryl methyl sites for hydroxylation is 1. The molecule has 0 unspecified atom stereocenters. The molecule has 72 valence electrons. The molecule has 0 aliphatic carbocycles. The van der Waals surface area contributed by atoms with Crippen molar-refractivity contribution in [3.63, 3.8) is 0 Å². The molecule has 1 aromatic heterocycles. The Balaban J connectivity index is 2.85. The fraction of sp³-hybridized carbons (Fsp3) is 0.100. The smallest absolute Gasteiger partial charge is 0.416 e. The van der Waals surface area contributed by atoms with E-state index in [0.717, 1.165) is 10.9 Å². The standard InChI is InChI=1S/C10H8ClNO2/c1-6-4-8(11)5-7-2-3-12(9(6)7)10(13)14/h2-5H,1H3,(H,13,14). The zero-order valence-corrected chi connectivity index (χ0v) is 8.25. The Bertz CT molecular complexity index is 516. The van der Waals surface area contributed by atoms with Crippen molar-refractivity contribution >= 4 is 28.6 Å². The lowest BCUT2D eigenvalue weighted by Crippen LogP contribution is -2.06. The van der Waals surface area contributed by atoms with Gasteiger partial charge in [0.2, 0.25) is 0 Å². The monoisotopic (exact) mass is 209 g/mol. The van der Waals surface area contributed by atoms with Crippen molar-refractivity contribution in [1.29, 1.82) is 0 Å². The quantitative estimate of drug-likeness (QED) is 0.724. The molecule has 1 heterocycles. The SMILES string of the molecule is Cc1cc(Cl)cc2ccn(C(=O)O)c12. The first-order valence-corrected chi connectivity index (χ1v) is 4.48. The zero-order chi connectivity index (χ0) is 10.3. The van der Waals surface area contributed by atoms with Crippen LogP contribution in [-0.2, 0) is 0 Å². The number of nitrogens with zero attached hydrogens (tertiary/aromatic N) is 1. The predicted octanol–water partition coefficient (Wildman–Crippen LogP) is 3.13. The summed E-state index contributed by atoms with van der Waals surface area (Å²) in [4.78, 5) is 10.8. The minimum absolute atomic E-state index is 0.623. The first kappa shape index (κ1) is 9.09. The van der Waals surface area contributed by atoms with Crippen molar-refractivity contribution in [2.75, 3.05) is 0 Å². The molecule has 1 N–H and O–H groups in total. The fourth-order valence-electron chi connectivity index (χ4n) is 1.61. The molecule has 2 rings (SSSR count). The molecule has 0 radical (unpaired) electrons. The van der Waals surface area contributed by atoms with Crippen LogP contribution in [0.4, 0.5) is 4.79 Å². The number of carboxylic acid groups (broad SMARTS) is 1. The molecule has 0 aliphatic heterocycles. The second kappa shape index (κ2) is 3.03. The maximum Gasteiger partial charge on any atom is 0.416 e. The van der Waals surface area contributed by atoms with E-state index in [9.17, 15) is 4.79 Å². The van der Waals surface area contributed by atoms with Crippen molar-refractivity contribution in [2.45, 2.75) is 6.92 Å². The Kier molecular flexibility index (Phi) is 1.97. The van der Waals surface area contributed by atoms with Crippen LogP contribution in [0.5, 0.6) is 0 Å². The van der Waals surface area contributed by atoms with Crippen LogP contribution in [0.2, 0.25) is 5.02 Å². The molecule has 4 heteroatoms. The van der Waals surface area contributed by atoms with E-state index in [2.05, 4.69) is 0 Å². The summed E-state index contributed by atoms with van der Waals surface area (Å²) in [5, 5.41) is 10.4. The van der Waals surface area contributed by atoms with Crippen LogP contribution in [0, 0.1) is 6.92 Å². The van der Waals surface area contributed by atoms with E-state index in [1.807, 2.05) is 6.92 Å². The Hall–Kier alpha value is -1.48. The number of hydrogen-bond donors (Lipinski definition) is 1. The van der Waals surface area contributed by atoms with E-state index in [0.29, 0.717) is 10.5 Å². The third kappa shape index (κ3) is 1.26. The molecule has 0 bridgehead atoms. The molecule has 0 saturated carbocycles. The topological polar surface area (TPSA) is 42.2 Å². The minimum Gasteiger partial charge on any atom is -0.464 e. The van der Waals surface area contributed by atoms with Gasteiger partial charge in [-0.05, 0) is 30.7 Å². The Labute approximate surface area is 85.5 Å². The van der Waals surface area contributed by atoms with Gasteiger partial charge >= 0.3 is 6.09 Å². The van der Waals surface area contributed by atoms with Gasteiger partial charge in [-0.3, -0.25) is 4.57 Å². The Morgan fingerprint density at radius 2 is 2.21 bits per heavy atom. The van der Waals surface area contributed by atoms with E-state index < -0.39 is 6.09 Å². The summed E-state index contributed by atoms with van der Waals surface area (Å²) in [5.74, 6) is 0. The van der Waals surface area contributed by atoms with Gasteiger partial charge in [0.1, 0.15) is 0 Å². The van der Waals surface area contributed by atoms with Crippen molar-refractivity contribution in [1.82, 2.24) is 4.57 Å². The van der Waals surface area contributed by atoms with Gasteiger partial charge in [-0.2, -0.15) is 0 Å². The zero-order valence-electron chi connectivity index (χ0n) is 7.49. The van der Waals surface area contributed by atoms with Gasteiger partial charge in [-0.15, -0.1) is 0 Å². The van der Waals surface area contributed by atoms with Crippen LogP contribution in [0.15, 0.2) is 24.4 Å². The highest BCUT2D eigenvalue weighted by molar-refractivity contribution is 6.31. The number of hydrogen-bond acceptors (Lipinski definition) is 1. The molecule has 0 amide bonds. The van der Waals surface area contributed by atoms with Crippen LogP contribution < -0.4 is 0 Å². The van der Waals surface area contributed by atoms with Crippen molar-refractivity contribution in [3.8, 4) is 0 Å². The summed E-state index contributed by atoms with van der Waals surface area (Å²) < 4.78 is 1.20. The maximum absolute atomic E-state index is 10.8. The second-order valence-electron chi connectivity index (χ2n) is 3.13. The molecule has 0 aliphatic rings. The summed E-state index contributed by atoms with van der Waals surface area (Å²) in [6.45, 7) is 1.84. The van der Waals surface area contributed by atoms with E-state index in [-0.39, 0.29) is 0 Å². The minimum atomic E-state index is -0.981. The number of carbonyl (C=O) groups is 1. The normalized spacial score (nSPS) is 10.7. The highest BCUT2D eigenvalue weighted by atomic mass is 35.5. The average Bonchev–Trinajstić information content (AvgIpc) is 2.47. The molecule has 14 heavy (non-hydrogen) atoms. The van der Waals surface area contributed by atoms with E-state index in [1.54, 1.807) is 18.2 Å². The lowest BCUT2D eigenvalue weighted by Gasteiger charge is -2.02. The Morgan fingerprint density at radius 3 is 2.86 bits per heavy atom. The van der Waals surface area contributed by atoms with Gasteiger partial charge in [0.25, 0.3) is 0 Å². The third-order valence-corrected chi connectivity index (χ3v) is 2.36. The summed E-state index contributed by atoms with van der Waals surface area (Å²) in [7, 11) is 0. The third-order valence-electron chi connectivity index (χ3n) is 2.14. The van der Waals surface area contributed by atoms with Gasteiger partial charge in [0, 0.05) is 16.6 Å². The van der Waals surface area contributed by atoms with Gasteiger partial charge in [0.05, 0.1) is 5.52 Å². The number of benzene rings is 1. The molecule has 0 spiro atoms. The molecule has 1 aromatic carbocycles. The number of halogens is 1. The number of fused-ring (bicyclic) bond motifs is 1. The first-order valence-electron chi connectivity index (χ1n) is 4.10. The van der Waals surface area contributed by atoms with Gasteiger partial charge in [0.15, 0.2) is 0 Å². The fourth-order valence-corrected chi connectivity index (χ4v) is 1.89. The molecular formula is C10H8ClNO2. The summed E-state index contributed by atoms with van der Waals surface area (Å²) >= 11 is 5.86. The van der Waals surface area contributed by atoms with Crippen LogP contribution in [-0.4, -0.2) is 15.8 Å². The largest absolute Gasteiger partial charge is 0.464 e. The first-order chi connectivity index (χ1) is 6.59. The summed E-state index contributed by atoms with van der Waals surface area (Å²) in [5.41, 5.74) is 1.56. The maximum atomic E-state index is 10.8. The lowest BCUT2D eigenvalue weighted by atomic mass is 10.2. The average molecular weight is 210 g/mol. The molecule has 0 saturated heterocycles. The van der Waals surface area contributed by atoms with Crippen LogP contribution in [0.25, 0.3) is 10.9 Å². The predicted molar refractivity (Wildman–Crippen MR) is 55.1 cm³/mol. The second-order valence-corrected chi connectivity index (χ2v) is 3.57. The summed E-state index contributed by atoms with van der Waals surface area (Å²) in [6.07, 6.45) is 0.543. The molecule has 2 aromatic rings. The Morgan fingerprint density at radius 1 is 1.50 bits per heavy atom. The number of aromatic nitrogens is 1. The van der Waals surface area contributed by atoms with Crippen molar-refractivity contribution in [3.05, 3.63) is 35.0 Å². The highest BCUT2D eigenvalue weighted by Gasteiger charge is 2.09. The lowest BCUT2D eigenvalue weighted by molar-refractivity contribution is 0.197. The van der Waals surface area contributed by atoms with Gasteiger partial charge < -0.3 is 5.11 Å². The van der Waals surface area contributed by atoms with Crippen LogP contribution >= 0.6 is 11.6 Å². The number of rotatable bonds is 0. The van der Waals surface area contributed by atoms with E-state index >= 15 is 0 Å². The van der Waals surface area contributed by atoms with Gasteiger partial charge in [-0.1, -0.05) is 11.6 Å². The van der Waals surface area contributed by atoms with E-state index in [4.69, 9.17) is 16.7 Å². The van der Waals surface area contributed by atoms with Crippen molar-refractivity contribution < 1.29 is 9.90 Å².